The van der Waals surface area contributed by atoms with Crippen LogP contribution in [0.1, 0.15) is 17.0 Å². The first-order valence-corrected chi connectivity index (χ1v) is 9.10. The molecule has 0 spiro atoms. The van der Waals surface area contributed by atoms with Crippen LogP contribution < -0.4 is 10.9 Å². The van der Waals surface area contributed by atoms with Gasteiger partial charge in [0.25, 0.3) is 5.56 Å². The van der Waals surface area contributed by atoms with Crippen LogP contribution in [0.5, 0.6) is 0 Å². The van der Waals surface area contributed by atoms with Gasteiger partial charge in [-0.15, -0.1) is 0 Å². The summed E-state index contributed by atoms with van der Waals surface area (Å²) in [5.41, 5.74) is 2.99. The molecule has 27 heavy (non-hydrogen) atoms. The Kier molecular flexibility index (Phi) is 5.77. The number of benzene rings is 1. The minimum absolute atomic E-state index is 0.139. The van der Waals surface area contributed by atoms with Crippen LogP contribution in [-0.2, 0) is 19.6 Å². The molecule has 0 amide bonds. The molecule has 7 heteroatoms. The van der Waals surface area contributed by atoms with E-state index in [1.54, 1.807) is 12.1 Å². The van der Waals surface area contributed by atoms with Crippen molar-refractivity contribution < 1.29 is 4.39 Å². The molecule has 0 fully saturated rings. The standard InChI is InChI=1S/C20H22ClFN4O/c1-13(21)12-25-19-10-18(22)5-4-16(19)9-17(20(25)27)11-23-6-7-26-15(3)8-14(2)24-26/h4-5,8-10,23H,1,6-7,11-12H2,2-3H3. The van der Waals surface area contributed by atoms with Gasteiger partial charge >= 0.3 is 0 Å². The van der Waals surface area contributed by atoms with E-state index in [1.165, 1.54) is 16.7 Å². The summed E-state index contributed by atoms with van der Waals surface area (Å²) in [6, 6.07) is 8.21. The van der Waals surface area contributed by atoms with Gasteiger partial charge in [0.15, 0.2) is 0 Å². The maximum atomic E-state index is 13.6. The quantitative estimate of drug-likeness (QED) is 0.630. The third-order valence-corrected chi connectivity index (χ3v) is 4.50. The van der Waals surface area contributed by atoms with Crippen LogP contribution in [0.3, 0.4) is 0 Å². The molecule has 0 radical (unpaired) electrons. The summed E-state index contributed by atoms with van der Waals surface area (Å²) < 4.78 is 17.0. The lowest BCUT2D eigenvalue weighted by atomic mass is 10.1. The molecule has 0 saturated carbocycles. The second kappa shape index (κ2) is 8.06. The van der Waals surface area contributed by atoms with E-state index >= 15 is 0 Å². The molecule has 0 atom stereocenters. The monoisotopic (exact) mass is 388 g/mol. The molecule has 0 bridgehead atoms. The predicted molar refractivity (Wildman–Crippen MR) is 107 cm³/mol. The molecular weight excluding hydrogens is 367 g/mol. The van der Waals surface area contributed by atoms with Crippen molar-refractivity contribution in [3.63, 3.8) is 0 Å². The first-order valence-electron chi connectivity index (χ1n) is 8.72. The van der Waals surface area contributed by atoms with Crippen LogP contribution in [0.4, 0.5) is 4.39 Å². The number of nitrogens with zero attached hydrogens (tertiary/aromatic N) is 3. The molecule has 0 unspecified atom stereocenters. The van der Waals surface area contributed by atoms with Gasteiger partial charge in [0.1, 0.15) is 5.82 Å². The molecule has 142 valence electrons. The highest BCUT2D eigenvalue weighted by atomic mass is 35.5. The van der Waals surface area contributed by atoms with Crippen LogP contribution >= 0.6 is 11.6 Å². The van der Waals surface area contributed by atoms with Crippen molar-refractivity contribution in [1.82, 2.24) is 19.7 Å². The lowest BCUT2D eigenvalue weighted by Crippen LogP contribution is -2.29. The van der Waals surface area contributed by atoms with E-state index in [9.17, 15) is 9.18 Å². The highest BCUT2D eigenvalue weighted by Gasteiger charge is 2.11. The van der Waals surface area contributed by atoms with Crippen LogP contribution in [0.25, 0.3) is 10.9 Å². The Morgan fingerprint density at radius 1 is 1.30 bits per heavy atom. The summed E-state index contributed by atoms with van der Waals surface area (Å²) in [5.74, 6) is -0.397. The highest BCUT2D eigenvalue weighted by Crippen LogP contribution is 2.17. The molecule has 3 rings (SSSR count). The lowest BCUT2D eigenvalue weighted by Gasteiger charge is -2.13. The first kappa shape index (κ1) is 19.3. The smallest absolute Gasteiger partial charge is 0.255 e. The van der Waals surface area contributed by atoms with Crippen LogP contribution in [0.15, 0.2) is 46.7 Å². The summed E-state index contributed by atoms with van der Waals surface area (Å²) >= 11 is 5.91. The molecule has 0 aliphatic heterocycles. The van der Waals surface area contributed by atoms with Gasteiger partial charge in [-0.05, 0) is 49.6 Å². The van der Waals surface area contributed by atoms with E-state index < -0.39 is 5.82 Å². The fraction of sp³-hybridized carbons (Fsp3) is 0.300. The molecule has 0 aliphatic rings. The number of nitrogens with one attached hydrogen (secondary N) is 1. The largest absolute Gasteiger partial charge is 0.311 e. The van der Waals surface area contributed by atoms with Gasteiger partial charge in [-0.3, -0.25) is 9.48 Å². The predicted octanol–water partition coefficient (Wildman–Crippen LogP) is 3.50. The molecule has 0 saturated heterocycles. The van der Waals surface area contributed by atoms with Crippen molar-refractivity contribution in [3.05, 3.63) is 75.1 Å². The molecular formula is C20H22ClFN4O. The zero-order valence-electron chi connectivity index (χ0n) is 15.4. The van der Waals surface area contributed by atoms with E-state index in [4.69, 9.17) is 11.6 Å². The number of halogens is 2. The average Bonchev–Trinajstić information content (AvgIpc) is 2.92. The Hall–Kier alpha value is -2.44. The SMILES string of the molecule is C=C(Cl)Cn1c(=O)c(CNCCn2nc(C)cc2C)cc2ccc(F)cc21. The summed E-state index contributed by atoms with van der Waals surface area (Å²) in [6.07, 6.45) is 0. The van der Waals surface area contributed by atoms with E-state index in [2.05, 4.69) is 17.0 Å². The Morgan fingerprint density at radius 3 is 2.74 bits per heavy atom. The van der Waals surface area contributed by atoms with Crippen molar-refractivity contribution in [1.29, 1.82) is 0 Å². The Labute approximate surface area is 162 Å². The zero-order chi connectivity index (χ0) is 19.6. The Balaban J connectivity index is 1.80. The number of allylic oxidation sites excluding steroid dienone is 1. The second-order valence-corrected chi connectivity index (χ2v) is 7.14. The zero-order valence-corrected chi connectivity index (χ0v) is 16.2. The summed E-state index contributed by atoms with van der Waals surface area (Å²) in [7, 11) is 0. The van der Waals surface area contributed by atoms with E-state index in [1.807, 2.05) is 24.6 Å². The van der Waals surface area contributed by atoms with Gasteiger partial charge < -0.3 is 9.88 Å². The third-order valence-electron chi connectivity index (χ3n) is 4.38. The molecule has 1 N–H and O–H groups in total. The number of pyridine rings is 1. The molecule has 3 aromatic rings. The second-order valence-electron chi connectivity index (χ2n) is 6.61. The van der Waals surface area contributed by atoms with Crippen molar-refractivity contribution in [2.45, 2.75) is 33.5 Å². The van der Waals surface area contributed by atoms with Gasteiger partial charge in [0, 0.05) is 29.4 Å². The van der Waals surface area contributed by atoms with E-state index in [0.717, 1.165) is 16.8 Å². The normalized spacial score (nSPS) is 11.3. The number of hydrogen-bond acceptors (Lipinski definition) is 3. The summed E-state index contributed by atoms with van der Waals surface area (Å²) in [5, 5.41) is 8.80. The number of rotatable bonds is 7. The van der Waals surface area contributed by atoms with Gasteiger partial charge in [-0.2, -0.15) is 5.10 Å². The van der Waals surface area contributed by atoms with Crippen molar-refractivity contribution in [2.24, 2.45) is 0 Å². The molecule has 2 heterocycles. The molecule has 1 aromatic carbocycles. The van der Waals surface area contributed by atoms with Crippen LogP contribution in [-0.4, -0.2) is 20.9 Å². The Bertz CT molecular complexity index is 1050. The maximum absolute atomic E-state index is 13.6. The number of fused-ring (bicyclic) bond motifs is 1. The van der Waals surface area contributed by atoms with Crippen LogP contribution in [0.2, 0.25) is 0 Å². The number of hydrogen-bond donors (Lipinski definition) is 1. The van der Waals surface area contributed by atoms with Crippen LogP contribution in [0, 0.1) is 19.7 Å². The van der Waals surface area contributed by atoms with Gasteiger partial charge in [-0.1, -0.05) is 18.2 Å². The van der Waals surface area contributed by atoms with Crippen molar-refractivity contribution in [3.8, 4) is 0 Å². The van der Waals surface area contributed by atoms with Gasteiger partial charge in [0.2, 0.25) is 0 Å². The number of aryl methyl sites for hydroxylation is 2. The summed E-state index contributed by atoms with van der Waals surface area (Å²) in [4.78, 5) is 12.8. The highest BCUT2D eigenvalue weighted by molar-refractivity contribution is 6.29. The fourth-order valence-electron chi connectivity index (χ4n) is 3.17. The molecule has 5 nitrogen and oxygen atoms in total. The third kappa shape index (κ3) is 4.46. The molecule has 0 aliphatic carbocycles. The van der Waals surface area contributed by atoms with Crippen molar-refractivity contribution >= 4 is 22.5 Å². The topological polar surface area (TPSA) is 51.9 Å². The first-order chi connectivity index (χ1) is 12.8. The minimum Gasteiger partial charge on any atom is -0.311 e. The minimum atomic E-state index is -0.397. The lowest BCUT2D eigenvalue weighted by molar-refractivity contribution is 0.540. The van der Waals surface area contributed by atoms with Crippen molar-refractivity contribution in [2.75, 3.05) is 6.54 Å². The fourth-order valence-corrected chi connectivity index (χ4v) is 3.29. The summed E-state index contributed by atoms with van der Waals surface area (Å²) in [6.45, 7) is 9.56. The van der Waals surface area contributed by atoms with E-state index in [0.29, 0.717) is 35.7 Å². The maximum Gasteiger partial charge on any atom is 0.255 e. The van der Waals surface area contributed by atoms with Gasteiger partial charge in [0.05, 0.1) is 24.3 Å². The molecule has 2 aromatic heterocycles. The Morgan fingerprint density at radius 2 is 2.07 bits per heavy atom. The van der Waals surface area contributed by atoms with Gasteiger partial charge in [-0.25, -0.2) is 4.39 Å². The van der Waals surface area contributed by atoms with E-state index in [-0.39, 0.29) is 12.1 Å². The number of aromatic nitrogens is 3. The average molecular weight is 389 g/mol.